The molecule has 1 rings (SSSR count). The molecule has 12 heavy (non-hydrogen) atoms. The van der Waals surface area contributed by atoms with E-state index >= 15 is 0 Å². The number of nitrogens with zero attached hydrogens (tertiary/aromatic N) is 1. The van der Waals surface area contributed by atoms with E-state index < -0.39 is 0 Å². The summed E-state index contributed by atoms with van der Waals surface area (Å²) in [5.74, 6) is 0. The maximum absolute atomic E-state index is 4.50. The molecule has 0 atom stereocenters. The van der Waals surface area contributed by atoms with Crippen LogP contribution in [0.4, 0.5) is 0 Å². The van der Waals surface area contributed by atoms with Crippen LogP contribution in [0.3, 0.4) is 0 Å². The molecule has 1 aromatic rings. The standard InChI is InChI=1S/C10H11NO/c1-12-11-9-5-8-10-6-3-2-4-7-10/h2-9H,1H3/b8-5+,11-9?. The van der Waals surface area contributed by atoms with Crippen molar-refractivity contribution < 1.29 is 4.84 Å². The number of hydrogen-bond acceptors (Lipinski definition) is 2. The molecule has 0 aliphatic rings. The van der Waals surface area contributed by atoms with Gasteiger partial charge in [0, 0.05) is 0 Å². The molecule has 0 saturated carbocycles. The molecular weight excluding hydrogens is 150 g/mol. The van der Waals surface area contributed by atoms with Crippen LogP contribution in [0.5, 0.6) is 0 Å². The predicted octanol–water partition coefficient (Wildman–Crippen LogP) is 2.33. The van der Waals surface area contributed by atoms with E-state index in [4.69, 9.17) is 0 Å². The molecule has 0 aliphatic carbocycles. The molecule has 2 heteroatoms. The van der Waals surface area contributed by atoms with Crippen LogP contribution in [0.25, 0.3) is 6.08 Å². The van der Waals surface area contributed by atoms with Crippen molar-refractivity contribution in [2.24, 2.45) is 5.16 Å². The Labute approximate surface area is 72.2 Å². The van der Waals surface area contributed by atoms with Gasteiger partial charge in [-0.2, -0.15) is 0 Å². The summed E-state index contributed by atoms with van der Waals surface area (Å²) in [7, 11) is 1.52. The van der Waals surface area contributed by atoms with Gasteiger partial charge < -0.3 is 4.84 Å². The minimum atomic E-state index is 1.15. The first kappa shape index (κ1) is 8.53. The lowest BCUT2D eigenvalue weighted by molar-refractivity contribution is 0.215. The molecule has 62 valence electrons. The van der Waals surface area contributed by atoms with Crippen LogP contribution in [0.15, 0.2) is 41.6 Å². The number of rotatable bonds is 3. The normalized spacial score (nSPS) is 11.1. The Morgan fingerprint density at radius 2 is 2.00 bits per heavy atom. The van der Waals surface area contributed by atoms with Gasteiger partial charge in [-0.15, -0.1) is 0 Å². The highest BCUT2D eigenvalue weighted by atomic mass is 16.6. The van der Waals surface area contributed by atoms with Crippen molar-refractivity contribution >= 4 is 12.3 Å². The van der Waals surface area contributed by atoms with Gasteiger partial charge >= 0.3 is 0 Å². The lowest BCUT2D eigenvalue weighted by Crippen LogP contribution is -1.71. The summed E-state index contributed by atoms with van der Waals surface area (Å²) in [5, 5.41) is 3.58. The van der Waals surface area contributed by atoms with Crippen molar-refractivity contribution in [2.45, 2.75) is 0 Å². The van der Waals surface area contributed by atoms with Crippen LogP contribution in [0.1, 0.15) is 5.56 Å². The van der Waals surface area contributed by atoms with E-state index in [0.717, 1.165) is 5.56 Å². The fourth-order valence-electron chi connectivity index (χ4n) is 0.814. The molecule has 0 heterocycles. The third-order valence-electron chi connectivity index (χ3n) is 1.34. The van der Waals surface area contributed by atoms with E-state index in [1.54, 1.807) is 6.21 Å². The fourth-order valence-corrected chi connectivity index (χ4v) is 0.814. The first-order chi connectivity index (χ1) is 5.93. The smallest absolute Gasteiger partial charge is 0.106 e. The lowest BCUT2D eigenvalue weighted by atomic mass is 10.2. The van der Waals surface area contributed by atoms with Gasteiger partial charge in [0.15, 0.2) is 0 Å². The topological polar surface area (TPSA) is 21.6 Å². The molecular formula is C10H11NO. The summed E-state index contributed by atoms with van der Waals surface area (Å²) < 4.78 is 0. The van der Waals surface area contributed by atoms with Gasteiger partial charge in [-0.05, 0) is 11.6 Å². The SMILES string of the molecule is CON=C/C=C/c1ccccc1. The summed E-state index contributed by atoms with van der Waals surface area (Å²) in [5.41, 5.74) is 1.15. The van der Waals surface area contributed by atoms with Crippen molar-refractivity contribution in [3.05, 3.63) is 42.0 Å². The minimum Gasteiger partial charge on any atom is -0.399 e. The molecule has 0 aliphatic heterocycles. The summed E-state index contributed by atoms with van der Waals surface area (Å²) in [6.45, 7) is 0. The number of hydrogen-bond donors (Lipinski definition) is 0. The molecule has 1 aromatic carbocycles. The van der Waals surface area contributed by atoms with Gasteiger partial charge in [0.25, 0.3) is 0 Å². The van der Waals surface area contributed by atoms with Crippen molar-refractivity contribution in [2.75, 3.05) is 7.11 Å². The summed E-state index contributed by atoms with van der Waals surface area (Å²) in [4.78, 5) is 4.50. The monoisotopic (exact) mass is 161 g/mol. The summed E-state index contributed by atoms with van der Waals surface area (Å²) >= 11 is 0. The van der Waals surface area contributed by atoms with Gasteiger partial charge in [-0.25, -0.2) is 0 Å². The highest BCUT2D eigenvalue weighted by Crippen LogP contribution is 1.99. The molecule has 0 unspecified atom stereocenters. The van der Waals surface area contributed by atoms with Crippen molar-refractivity contribution in [3.63, 3.8) is 0 Å². The van der Waals surface area contributed by atoms with E-state index in [9.17, 15) is 0 Å². The number of oxime groups is 1. The van der Waals surface area contributed by atoms with E-state index in [1.165, 1.54) is 7.11 Å². The summed E-state index contributed by atoms with van der Waals surface area (Å²) in [6, 6.07) is 10.0. The molecule has 0 fully saturated rings. The van der Waals surface area contributed by atoms with Gasteiger partial charge in [0.05, 0.1) is 6.21 Å². The number of allylic oxidation sites excluding steroid dienone is 1. The molecule has 0 amide bonds. The second-order valence-electron chi connectivity index (χ2n) is 2.21. The Morgan fingerprint density at radius 3 is 2.67 bits per heavy atom. The van der Waals surface area contributed by atoms with E-state index in [2.05, 4.69) is 9.99 Å². The maximum atomic E-state index is 4.50. The lowest BCUT2D eigenvalue weighted by Gasteiger charge is -1.87. The predicted molar refractivity (Wildman–Crippen MR) is 51.0 cm³/mol. The summed E-state index contributed by atoms with van der Waals surface area (Å²) in [6.07, 6.45) is 5.40. The molecule has 0 spiro atoms. The maximum Gasteiger partial charge on any atom is 0.106 e. The Kier molecular flexibility index (Phi) is 3.64. The average Bonchev–Trinajstić information content (AvgIpc) is 2.14. The van der Waals surface area contributed by atoms with Gasteiger partial charge in [0.1, 0.15) is 7.11 Å². The molecule has 0 radical (unpaired) electrons. The number of benzene rings is 1. The van der Waals surface area contributed by atoms with Gasteiger partial charge in [0.2, 0.25) is 0 Å². The van der Waals surface area contributed by atoms with Crippen LogP contribution in [-0.4, -0.2) is 13.3 Å². The van der Waals surface area contributed by atoms with Crippen molar-refractivity contribution in [1.29, 1.82) is 0 Å². The highest BCUT2D eigenvalue weighted by molar-refractivity contribution is 5.77. The highest BCUT2D eigenvalue weighted by Gasteiger charge is 1.79. The Bertz CT molecular complexity index is 264. The molecule has 0 saturated heterocycles. The third-order valence-corrected chi connectivity index (χ3v) is 1.34. The van der Waals surface area contributed by atoms with E-state index in [-0.39, 0.29) is 0 Å². The second-order valence-corrected chi connectivity index (χ2v) is 2.21. The van der Waals surface area contributed by atoms with Crippen LogP contribution in [-0.2, 0) is 4.84 Å². The van der Waals surface area contributed by atoms with Gasteiger partial charge in [-0.3, -0.25) is 0 Å². The molecule has 0 N–H and O–H groups in total. The Balaban J connectivity index is 2.52. The van der Waals surface area contributed by atoms with Crippen molar-refractivity contribution in [3.8, 4) is 0 Å². The zero-order chi connectivity index (χ0) is 8.65. The van der Waals surface area contributed by atoms with Crippen LogP contribution < -0.4 is 0 Å². The zero-order valence-electron chi connectivity index (χ0n) is 6.97. The quantitative estimate of drug-likeness (QED) is 0.492. The van der Waals surface area contributed by atoms with E-state index in [1.807, 2.05) is 42.5 Å². The molecule has 2 nitrogen and oxygen atoms in total. The third kappa shape index (κ3) is 3.01. The molecule has 0 bridgehead atoms. The Hall–Kier alpha value is -1.57. The zero-order valence-corrected chi connectivity index (χ0v) is 6.97. The van der Waals surface area contributed by atoms with Crippen LogP contribution in [0.2, 0.25) is 0 Å². The van der Waals surface area contributed by atoms with Crippen LogP contribution in [0, 0.1) is 0 Å². The van der Waals surface area contributed by atoms with E-state index in [0.29, 0.717) is 0 Å². The molecule has 0 aromatic heterocycles. The average molecular weight is 161 g/mol. The first-order valence-corrected chi connectivity index (χ1v) is 3.72. The first-order valence-electron chi connectivity index (χ1n) is 3.72. The van der Waals surface area contributed by atoms with Crippen molar-refractivity contribution in [1.82, 2.24) is 0 Å². The van der Waals surface area contributed by atoms with Gasteiger partial charge in [-0.1, -0.05) is 41.6 Å². The fraction of sp³-hybridized carbons (Fsp3) is 0.100. The van der Waals surface area contributed by atoms with Crippen LogP contribution >= 0.6 is 0 Å². The second kappa shape index (κ2) is 5.13. The Morgan fingerprint density at radius 1 is 1.25 bits per heavy atom. The minimum absolute atomic E-state index is 1.15. The largest absolute Gasteiger partial charge is 0.399 e.